The van der Waals surface area contributed by atoms with E-state index in [0.29, 0.717) is 32.0 Å². The van der Waals surface area contributed by atoms with Crippen molar-refractivity contribution in [3.63, 3.8) is 0 Å². The monoisotopic (exact) mass is 376 g/mol. The highest BCUT2D eigenvalue weighted by molar-refractivity contribution is 7.89. The van der Waals surface area contributed by atoms with Gasteiger partial charge in [-0.1, -0.05) is 0 Å². The van der Waals surface area contributed by atoms with Crippen LogP contribution in [0.3, 0.4) is 0 Å². The second-order valence-corrected chi connectivity index (χ2v) is 8.01. The van der Waals surface area contributed by atoms with Gasteiger partial charge in [-0.25, -0.2) is 17.8 Å². The van der Waals surface area contributed by atoms with Gasteiger partial charge in [0.1, 0.15) is 18.0 Å². The molecule has 10 heteroatoms. The Bertz CT molecular complexity index is 1040. The summed E-state index contributed by atoms with van der Waals surface area (Å²) in [6.07, 6.45) is 1.44. The fraction of sp³-hybridized carbons (Fsp3) is 0.312. The maximum Gasteiger partial charge on any atom is 0.254 e. The van der Waals surface area contributed by atoms with Crippen molar-refractivity contribution in [1.82, 2.24) is 23.9 Å². The molecule has 0 saturated carbocycles. The van der Waals surface area contributed by atoms with E-state index in [1.54, 1.807) is 4.52 Å². The molecule has 1 saturated heterocycles. The van der Waals surface area contributed by atoms with Crippen LogP contribution in [0.25, 0.3) is 5.78 Å². The van der Waals surface area contributed by atoms with Crippen molar-refractivity contribution >= 4 is 21.6 Å². The number of hydrogen-bond acceptors (Lipinski definition) is 6. The fourth-order valence-corrected chi connectivity index (χ4v) is 4.47. The summed E-state index contributed by atoms with van der Waals surface area (Å²) in [5.41, 5.74) is 0.821. The number of anilines is 1. The molecular weight excluding hydrogens is 359 g/mol. The third-order valence-electron chi connectivity index (χ3n) is 4.38. The minimum atomic E-state index is -3.63. The molecule has 1 aromatic carbocycles. The second-order valence-electron chi connectivity index (χ2n) is 6.07. The zero-order valence-electron chi connectivity index (χ0n) is 14.1. The van der Waals surface area contributed by atoms with Crippen LogP contribution in [-0.4, -0.2) is 58.5 Å². The van der Waals surface area contributed by atoms with Crippen LogP contribution >= 0.6 is 0 Å². The van der Waals surface area contributed by atoms with Crippen molar-refractivity contribution in [2.75, 3.05) is 31.1 Å². The Labute approximate surface area is 149 Å². The third kappa shape index (κ3) is 2.90. The molecule has 26 heavy (non-hydrogen) atoms. The first-order chi connectivity index (χ1) is 12.4. The van der Waals surface area contributed by atoms with Crippen LogP contribution in [0, 0.1) is 12.7 Å². The summed E-state index contributed by atoms with van der Waals surface area (Å²) in [4.78, 5) is 10.6. The zero-order chi connectivity index (χ0) is 18.3. The van der Waals surface area contributed by atoms with Crippen LogP contribution in [0.4, 0.5) is 10.2 Å². The number of hydrogen-bond donors (Lipinski definition) is 0. The molecule has 1 aliphatic rings. The maximum absolute atomic E-state index is 13.1. The number of aromatic nitrogens is 4. The molecule has 0 aliphatic carbocycles. The van der Waals surface area contributed by atoms with E-state index in [4.69, 9.17) is 0 Å². The number of halogens is 1. The van der Waals surface area contributed by atoms with E-state index in [-0.39, 0.29) is 4.90 Å². The minimum Gasteiger partial charge on any atom is -0.354 e. The van der Waals surface area contributed by atoms with Crippen molar-refractivity contribution in [2.45, 2.75) is 11.8 Å². The number of nitrogens with zero attached hydrogens (tertiary/aromatic N) is 6. The molecule has 136 valence electrons. The molecule has 1 fully saturated rings. The smallest absolute Gasteiger partial charge is 0.254 e. The van der Waals surface area contributed by atoms with Crippen molar-refractivity contribution in [1.29, 1.82) is 0 Å². The van der Waals surface area contributed by atoms with E-state index in [1.807, 2.05) is 13.0 Å². The Morgan fingerprint density at radius 2 is 1.77 bits per heavy atom. The molecular formula is C16H17FN6O2S. The SMILES string of the molecule is Cc1cc(N2CCN(S(=O)(=O)c3ccc(F)cc3)CC2)n2ncnc2n1. The van der Waals surface area contributed by atoms with Crippen LogP contribution in [0.1, 0.15) is 5.69 Å². The van der Waals surface area contributed by atoms with E-state index in [2.05, 4.69) is 20.0 Å². The molecule has 8 nitrogen and oxygen atoms in total. The average molecular weight is 376 g/mol. The molecule has 3 aromatic rings. The molecule has 3 heterocycles. The number of piperazine rings is 1. The molecule has 1 aliphatic heterocycles. The van der Waals surface area contributed by atoms with Crippen LogP contribution in [-0.2, 0) is 10.0 Å². The Kier molecular flexibility index (Phi) is 4.08. The van der Waals surface area contributed by atoms with Crippen molar-refractivity contribution in [3.05, 3.63) is 48.2 Å². The van der Waals surface area contributed by atoms with E-state index >= 15 is 0 Å². The largest absolute Gasteiger partial charge is 0.354 e. The topological polar surface area (TPSA) is 83.7 Å². The number of aryl methyl sites for hydroxylation is 1. The number of rotatable bonds is 3. The van der Waals surface area contributed by atoms with Crippen LogP contribution in [0.15, 0.2) is 41.6 Å². The Morgan fingerprint density at radius 3 is 2.46 bits per heavy atom. The van der Waals surface area contributed by atoms with E-state index in [9.17, 15) is 12.8 Å². The molecule has 2 aromatic heterocycles. The van der Waals surface area contributed by atoms with Gasteiger partial charge in [-0.3, -0.25) is 0 Å². The van der Waals surface area contributed by atoms with Gasteiger partial charge in [0.25, 0.3) is 5.78 Å². The lowest BCUT2D eigenvalue weighted by atomic mass is 10.3. The molecule has 4 rings (SSSR count). The summed E-state index contributed by atoms with van der Waals surface area (Å²) < 4.78 is 41.6. The van der Waals surface area contributed by atoms with Crippen molar-refractivity contribution in [2.24, 2.45) is 0 Å². The Hall–Kier alpha value is -2.59. The van der Waals surface area contributed by atoms with E-state index in [1.165, 1.54) is 22.8 Å². The van der Waals surface area contributed by atoms with Gasteiger partial charge in [0.15, 0.2) is 0 Å². The maximum atomic E-state index is 13.1. The van der Waals surface area contributed by atoms with Gasteiger partial charge in [-0.15, -0.1) is 0 Å². The molecule has 0 radical (unpaired) electrons. The first-order valence-electron chi connectivity index (χ1n) is 8.13. The number of fused-ring (bicyclic) bond motifs is 1. The van der Waals surface area contributed by atoms with Crippen LogP contribution in [0.5, 0.6) is 0 Å². The number of sulfonamides is 1. The quantitative estimate of drug-likeness (QED) is 0.680. The van der Waals surface area contributed by atoms with Gasteiger partial charge in [-0.2, -0.15) is 18.9 Å². The van der Waals surface area contributed by atoms with Crippen molar-refractivity contribution in [3.8, 4) is 0 Å². The number of benzene rings is 1. The molecule has 0 N–H and O–H groups in total. The van der Waals surface area contributed by atoms with Gasteiger partial charge in [-0.05, 0) is 31.2 Å². The Morgan fingerprint density at radius 1 is 1.08 bits per heavy atom. The first kappa shape index (κ1) is 16.9. The lowest BCUT2D eigenvalue weighted by Gasteiger charge is -2.35. The minimum absolute atomic E-state index is 0.103. The summed E-state index contributed by atoms with van der Waals surface area (Å²) in [5, 5.41) is 4.19. The molecule has 0 unspecified atom stereocenters. The fourth-order valence-electron chi connectivity index (χ4n) is 3.05. The Balaban J connectivity index is 1.55. The molecule has 0 bridgehead atoms. The van der Waals surface area contributed by atoms with Gasteiger partial charge >= 0.3 is 0 Å². The highest BCUT2D eigenvalue weighted by Gasteiger charge is 2.29. The standard InChI is InChI=1S/C16H17FN6O2S/c1-12-10-15(23-16(20-12)18-11-19-23)21-6-8-22(9-7-21)26(24,25)14-4-2-13(17)3-5-14/h2-5,10-11H,6-9H2,1H3. The highest BCUT2D eigenvalue weighted by Crippen LogP contribution is 2.22. The van der Waals surface area contributed by atoms with E-state index in [0.717, 1.165) is 23.6 Å². The average Bonchev–Trinajstić information content (AvgIpc) is 3.10. The predicted molar refractivity (Wildman–Crippen MR) is 92.9 cm³/mol. The predicted octanol–water partition coefficient (Wildman–Crippen LogP) is 1.08. The van der Waals surface area contributed by atoms with Gasteiger partial charge in [0.05, 0.1) is 4.90 Å². The van der Waals surface area contributed by atoms with Crippen LogP contribution in [0.2, 0.25) is 0 Å². The summed E-state index contributed by atoms with van der Waals surface area (Å²) in [7, 11) is -3.63. The van der Waals surface area contributed by atoms with E-state index < -0.39 is 15.8 Å². The van der Waals surface area contributed by atoms with Gasteiger partial charge in [0.2, 0.25) is 10.0 Å². The normalized spacial score (nSPS) is 16.3. The molecule has 0 amide bonds. The molecule has 0 spiro atoms. The first-order valence-corrected chi connectivity index (χ1v) is 9.57. The summed E-state index contributed by atoms with van der Waals surface area (Å²) in [6.45, 7) is 3.57. The van der Waals surface area contributed by atoms with Crippen LogP contribution < -0.4 is 4.90 Å². The summed E-state index contributed by atoms with van der Waals surface area (Å²) >= 11 is 0. The van der Waals surface area contributed by atoms with Gasteiger partial charge < -0.3 is 4.90 Å². The van der Waals surface area contributed by atoms with Crippen molar-refractivity contribution < 1.29 is 12.8 Å². The third-order valence-corrected chi connectivity index (χ3v) is 6.29. The van der Waals surface area contributed by atoms with Gasteiger partial charge in [0, 0.05) is 37.9 Å². The highest BCUT2D eigenvalue weighted by atomic mass is 32.2. The molecule has 0 atom stereocenters. The second kappa shape index (κ2) is 6.29. The lowest BCUT2D eigenvalue weighted by molar-refractivity contribution is 0.383. The summed E-state index contributed by atoms with van der Waals surface area (Å²) in [5.74, 6) is 0.892. The lowest BCUT2D eigenvalue weighted by Crippen LogP contribution is -2.49. The summed E-state index contributed by atoms with van der Waals surface area (Å²) in [6, 6.07) is 6.81. The zero-order valence-corrected chi connectivity index (χ0v) is 14.9.